The van der Waals surface area contributed by atoms with E-state index >= 15 is 0 Å². The topological polar surface area (TPSA) is 111 Å². The van der Waals surface area contributed by atoms with E-state index in [0.717, 1.165) is 7.05 Å². The van der Waals surface area contributed by atoms with E-state index in [4.69, 9.17) is 13.9 Å². The monoisotopic (exact) mass is 602 g/mol. The number of pyridine rings is 1. The molecule has 1 atom stereocenters. The zero-order valence-corrected chi connectivity index (χ0v) is 23.0. The summed E-state index contributed by atoms with van der Waals surface area (Å²) in [6.07, 6.45) is -11.1. The van der Waals surface area contributed by atoms with Crippen LogP contribution in [0.4, 0.5) is 36.8 Å². The Hall–Kier alpha value is -4.14. The number of hydrogen-bond acceptors (Lipinski definition) is 7. The lowest BCUT2D eigenvalue weighted by atomic mass is 9.96. The van der Waals surface area contributed by atoms with E-state index in [0.29, 0.717) is 16.5 Å². The molecule has 3 aromatic rings. The molecule has 0 bridgehead atoms. The summed E-state index contributed by atoms with van der Waals surface area (Å²) < 4.78 is 101. The van der Waals surface area contributed by atoms with Gasteiger partial charge in [0, 0.05) is 7.05 Å². The summed E-state index contributed by atoms with van der Waals surface area (Å²) in [5.74, 6) is -1.88. The van der Waals surface area contributed by atoms with Gasteiger partial charge in [-0.1, -0.05) is 36.4 Å². The van der Waals surface area contributed by atoms with Crippen LogP contribution in [0.3, 0.4) is 0 Å². The van der Waals surface area contributed by atoms with Crippen molar-refractivity contribution in [2.75, 3.05) is 11.9 Å². The molecule has 3 rings (SSSR count). The van der Waals surface area contributed by atoms with Crippen molar-refractivity contribution in [3.63, 3.8) is 0 Å². The van der Waals surface area contributed by atoms with E-state index in [1.54, 1.807) is 30.3 Å². The van der Waals surface area contributed by atoms with Crippen LogP contribution in [0, 0.1) is 0 Å². The van der Waals surface area contributed by atoms with Crippen molar-refractivity contribution in [3.05, 3.63) is 76.4 Å². The van der Waals surface area contributed by atoms with Crippen LogP contribution in [0.15, 0.2) is 58.3 Å². The number of ether oxygens (including phenoxy) is 2. The fraction of sp³-hybridized carbons (Fsp3) is 0.407. The molecule has 0 spiro atoms. The van der Waals surface area contributed by atoms with E-state index < -0.39 is 77.0 Å². The van der Waals surface area contributed by atoms with Crippen LogP contribution in [0.2, 0.25) is 0 Å². The van der Waals surface area contributed by atoms with Crippen LogP contribution in [0.5, 0.6) is 0 Å². The van der Waals surface area contributed by atoms with Gasteiger partial charge in [0.15, 0.2) is 0 Å². The minimum atomic E-state index is -5.14. The highest BCUT2D eigenvalue weighted by Gasteiger charge is 2.61. The Kier molecular flexibility index (Phi) is 9.25. The molecular formula is C27H28F6N4O5. The number of amides is 1. The minimum Gasteiger partial charge on any atom is -0.443 e. The normalized spacial score (nSPS) is 13.9. The van der Waals surface area contributed by atoms with Gasteiger partial charge < -0.3 is 18.9 Å². The Morgan fingerprint density at radius 3 is 2.29 bits per heavy atom. The first-order valence-electron chi connectivity index (χ1n) is 12.4. The van der Waals surface area contributed by atoms with Crippen molar-refractivity contribution in [2.45, 2.75) is 63.8 Å². The van der Waals surface area contributed by atoms with Gasteiger partial charge in [-0.05, 0) is 45.2 Å². The number of aromatic nitrogens is 3. The van der Waals surface area contributed by atoms with Gasteiger partial charge in [0.1, 0.15) is 16.9 Å². The number of halogens is 6. The van der Waals surface area contributed by atoms with Crippen LogP contribution in [0.1, 0.15) is 50.6 Å². The van der Waals surface area contributed by atoms with Gasteiger partial charge >= 0.3 is 18.4 Å². The first kappa shape index (κ1) is 32.4. The molecule has 0 aliphatic carbocycles. The summed E-state index contributed by atoms with van der Waals surface area (Å²) in [6.45, 7) is 7.46. The summed E-state index contributed by atoms with van der Waals surface area (Å²) >= 11 is 0. The Morgan fingerprint density at radius 2 is 1.74 bits per heavy atom. The third kappa shape index (κ3) is 7.19. The van der Waals surface area contributed by atoms with E-state index in [9.17, 15) is 35.9 Å². The predicted octanol–water partition coefficient (Wildman–Crippen LogP) is 6.76. The van der Waals surface area contributed by atoms with Gasteiger partial charge in [-0.2, -0.15) is 26.3 Å². The first-order chi connectivity index (χ1) is 19.4. The van der Waals surface area contributed by atoms with Gasteiger partial charge in [-0.3, -0.25) is 9.69 Å². The molecule has 0 radical (unpaired) electrons. The second kappa shape index (κ2) is 12.0. The lowest BCUT2D eigenvalue weighted by Gasteiger charge is -2.32. The van der Waals surface area contributed by atoms with Crippen molar-refractivity contribution in [2.24, 2.45) is 0 Å². The Morgan fingerprint density at radius 1 is 1.10 bits per heavy atom. The Labute approximate surface area is 236 Å². The van der Waals surface area contributed by atoms with Crippen molar-refractivity contribution in [3.8, 4) is 11.6 Å². The van der Waals surface area contributed by atoms with Gasteiger partial charge in [-0.25, -0.2) is 4.79 Å². The van der Waals surface area contributed by atoms with E-state index in [1.165, 1.54) is 26.8 Å². The number of alkyl halides is 6. The summed E-state index contributed by atoms with van der Waals surface area (Å²) in [4.78, 5) is 27.6. The average Bonchev–Trinajstić information content (AvgIpc) is 3.37. The number of nitrogens with zero attached hydrogens (tertiary/aromatic N) is 3. The van der Waals surface area contributed by atoms with E-state index in [1.807, 2.05) is 4.98 Å². The fourth-order valence-electron chi connectivity index (χ4n) is 3.75. The Bertz CT molecular complexity index is 1460. The number of aromatic amines is 1. The molecule has 1 aromatic carbocycles. The van der Waals surface area contributed by atoms with Gasteiger partial charge in [0.2, 0.25) is 5.60 Å². The smallest absolute Gasteiger partial charge is 0.426 e. The first-order valence-corrected chi connectivity index (χ1v) is 12.4. The molecule has 1 amide bonds. The number of benzene rings is 1. The molecule has 0 aliphatic rings. The molecule has 0 fully saturated rings. The maximum Gasteiger partial charge on any atom is 0.426 e. The van der Waals surface area contributed by atoms with Crippen molar-refractivity contribution >= 4 is 11.8 Å². The zero-order valence-electron chi connectivity index (χ0n) is 23.0. The summed E-state index contributed by atoms with van der Waals surface area (Å²) in [5, 5.41) is 7.11. The molecule has 2 heterocycles. The third-order valence-corrected chi connectivity index (χ3v) is 5.83. The van der Waals surface area contributed by atoms with Crippen LogP contribution < -0.4 is 10.5 Å². The molecule has 0 aliphatic heterocycles. The highest BCUT2D eigenvalue weighted by atomic mass is 19.4. The highest BCUT2D eigenvalue weighted by Crippen LogP contribution is 2.47. The summed E-state index contributed by atoms with van der Waals surface area (Å²) in [7, 11) is 1.04. The van der Waals surface area contributed by atoms with Crippen LogP contribution >= 0.6 is 0 Å². The second-order valence-electron chi connectivity index (χ2n) is 10.1. The number of allylic oxidation sites excluding steroid dienone is 1. The van der Waals surface area contributed by atoms with Crippen LogP contribution in [-0.4, -0.2) is 40.1 Å². The van der Waals surface area contributed by atoms with Crippen molar-refractivity contribution < 1.29 is 45.0 Å². The molecule has 42 heavy (non-hydrogen) atoms. The van der Waals surface area contributed by atoms with Gasteiger partial charge in [0.05, 0.1) is 12.3 Å². The number of carbonyl (C=O) groups excluding carboxylic acids is 1. The zero-order chi connectivity index (χ0) is 31.5. The van der Waals surface area contributed by atoms with Crippen molar-refractivity contribution in [1.29, 1.82) is 0 Å². The van der Waals surface area contributed by atoms with Crippen molar-refractivity contribution in [1.82, 2.24) is 15.2 Å². The van der Waals surface area contributed by atoms with Crippen LogP contribution in [0.25, 0.3) is 11.6 Å². The molecule has 0 saturated carbocycles. The maximum absolute atomic E-state index is 14.7. The van der Waals surface area contributed by atoms with Gasteiger partial charge in [-0.15, -0.1) is 16.8 Å². The fourth-order valence-corrected chi connectivity index (χ4v) is 3.75. The van der Waals surface area contributed by atoms with E-state index in [-0.39, 0.29) is 6.42 Å². The molecule has 1 N–H and O–H groups in total. The lowest BCUT2D eigenvalue weighted by molar-refractivity contribution is -0.299. The molecule has 15 heteroatoms. The maximum atomic E-state index is 14.7. The SMILES string of the molecule is C=CCCC(OCc1ccccc1)(c1nnc(-c2[nH]c(=O)c(C(F)(F)F)cc2N(C)C(=O)OC(C)(C)C)o1)C(F)(F)F. The largest absolute Gasteiger partial charge is 0.443 e. The molecule has 2 aromatic heterocycles. The Balaban J connectivity index is 2.19. The van der Waals surface area contributed by atoms with E-state index in [2.05, 4.69) is 16.8 Å². The average molecular weight is 603 g/mol. The standard InChI is InChI=1S/C27H28F6N4O5/c1-6-7-13-25(27(31,32)33,40-15-16-11-9-8-10-12-16)22-36-35-21(41-22)19-18(37(5)23(39)42-24(2,3)4)14-17(20(38)34-19)26(28,29)30/h6,8-12,14H,1,7,13,15H2,2-5H3,(H,34,38). The van der Waals surface area contributed by atoms with Crippen LogP contribution in [-0.2, 0) is 27.9 Å². The summed E-state index contributed by atoms with van der Waals surface area (Å²) in [5.41, 5.74) is -8.44. The number of rotatable bonds is 9. The number of nitrogens with one attached hydrogen (secondary N) is 1. The quantitative estimate of drug-likeness (QED) is 0.213. The predicted molar refractivity (Wildman–Crippen MR) is 138 cm³/mol. The molecule has 228 valence electrons. The molecule has 1 unspecified atom stereocenters. The number of hydrogen-bond donors (Lipinski definition) is 1. The summed E-state index contributed by atoms with van der Waals surface area (Å²) in [6, 6.07) is 8.29. The lowest BCUT2D eigenvalue weighted by Crippen LogP contribution is -2.45. The highest BCUT2D eigenvalue weighted by molar-refractivity contribution is 5.91. The number of carbonyl (C=O) groups is 1. The van der Waals surface area contributed by atoms with Gasteiger partial charge in [0.25, 0.3) is 17.3 Å². The minimum absolute atomic E-state index is 0.199. The third-order valence-electron chi connectivity index (χ3n) is 5.83. The molecular weight excluding hydrogens is 574 g/mol. The number of H-pyrrole nitrogens is 1. The molecule has 0 saturated heterocycles. The second-order valence-corrected chi connectivity index (χ2v) is 10.1. The molecule has 9 nitrogen and oxygen atoms in total. The number of anilines is 1.